The standard InChI is InChI=1S/C36H54N2O2.C6H5NO.In/c1-33(2,3)25-17-23(31(39)27(19-25)35(7,8)9)21-37-29-15-13-14-16-30(29)38-22-24-18-26(34(4,5)6)20-28(32(24)40)36(10,11)12;8-5-6-3-1-2-4-7-6;/h17-22,29-30,39-40H,13-16H2,1-12H3;1-5H;/t29-,30-;;/m1../s1. The summed E-state index contributed by atoms with van der Waals surface area (Å²) in [4.78, 5) is 23.7. The molecule has 263 valence electrons. The van der Waals surface area contributed by atoms with Crippen LogP contribution in [0.15, 0.2) is 58.6 Å². The zero-order valence-corrected chi connectivity index (χ0v) is 35.4. The fraction of sp³-hybridized carbons (Fsp3) is 0.524. The molecule has 3 aromatic rings. The van der Waals surface area contributed by atoms with Gasteiger partial charge in [0.05, 0.1) is 12.1 Å². The summed E-state index contributed by atoms with van der Waals surface area (Å²) in [6.07, 6.45) is 10.2. The first-order valence-corrected chi connectivity index (χ1v) is 17.3. The minimum absolute atomic E-state index is 0. The number of pyridine rings is 1. The molecule has 3 radical (unpaired) electrons. The number of carbonyl (C=O) groups is 1. The van der Waals surface area contributed by atoms with Gasteiger partial charge in [-0.25, -0.2) is 0 Å². The number of nitrogens with zero attached hydrogens (tertiary/aromatic N) is 3. The topological polar surface area (TPSA) is 95.1 Å². The molecule has 1 saturated carbocycles. The molecule has 1 aliphatic carbocycles. The van der Waals surface area contributed by atoms with E-state index < -0.39 is 0 Å². The summed E-state index contributed by atoms with van der Waals surface area (Å²) in [6, 6.07) is 13.7. The SMILES string of the molecule is CC(C)(C)c1cc(C=N[C@@H]2CCCC[C@H]2N=Cc2cc(C(C)(C)C)cc(C(C)(C)C)c2O)c(O)c(C(C)(C)C)c1.O=Cc1ccccn1.[In]. The zero-order valence-electron chi connectivity index (χ0n) is 32.1. The maximum atomic E-state index is 11.2. The summed E-state index contributed by atoms with van der Waals surface area (Å²) < 4.78 is 0. The van der Waals surface area contributed by atoms with Crippen LogP contribution in [0.3, 0.4) is 0 Å². The Bertz CT molecular complexity index is 1500. The molecule has 4 rings (SSSR count). The van der Waals surface area contributed by atoms with Crippen molar-refractivity contribution in [3.05, 3.63) is 87.7 Å². The Morgan fingerprint density at radius 1 is 0.653 bits per heavy atom. The van der Waals surface area contributed by atoms with Crippen molar-refractivity contribution in [1.82, 2.24) is 4.98 Å². The van der Waals surface area contributed by atoms with E-state index in [2.05, 4.69) is 112 Å². The third-order valence-corrected chi connectivity index (χ3v) is 8.94. The third-order valence-electron chi connectivity index (χ3n) is 8.94. The first-order valence-electron chi connectivity index (χ1n) is 17.3. The number of aromatic hydroxyl groups is 2. The number of phenolic OH excluding ortho intramolecular Hbond substituents is 2. The molecular weight excluding hydrogens is 709 g/mol. The predicted molar refractivity (Wildman–Crippen MR) is 208 cm³/mol. The Balaban J connectivity index is 0.000000810. The monoisotopic (exact) mass is 768 g/mol. The van der Waals surface area contributed by atoms with Gasteiger partial charge in [-0.2, -0.15) is 0 Å². The second kappa shape index (κ2) is 16.9. The second-order valence-corrected chi connectivity index (χ2v) is 17.3. The van der Waals surface area contributed by atoms with Crippen LogP contribution < -0.4 is 0 Å². The van der Waals surface area contributed by atoms with Gasteiger partial charge >= 0.3 is 0 Å². The number of phenols is 2. The molecule has 0 amide bonds. The quantitative estimate of drug-likeness (QED) is 0.200. The van der Waals surface area contributed by atoms with Crippen molar-refractivity contribution in [3.8, 4) is 11.5 Å². The van der Waals surface area contributed by atoms with Gasteiger partial charge in [-0.05, 0) is 69.9 Å². The van der Waals surface area contributed by atoms with Crippen LogP contribution in [0.5, 0.6) is 11.5 Å². The molecule has 1 heterocycles. The number of aromatic nitrogens is 1. The van der Waals surface area contributed by atoms with Crippen molar-refractivity contribution in [3.63, 3.8) is 0 Å². The van der Waals surface area contributed by atoms with E-state index in [9.17, 15) is 15.0 Å². The molecule has 0 bridgehead atoms. The number of hydrogen-bond donors (Lipinski definition) is 2. The molecule has 6 nitrogen and oxygen atoms in total. The van der Waals surface area contributed by atoms with Crippen LogP contribution in [0, 0.1) is 0 Å². The first kappa shape index (κ1) is 42.2. The molecule has 1 aliphatic rings. The zero-order chi connectivity index (χ0) is 36.1. The van der Waals surface area contributed by atoms with E-state index in [4.69, 9.17) is 9.98 Å². The molecule has 0 saturated heterocycles. The Hall–Kier alpha value is -2.93. The largest absolute Gasteiger partial charge is 0.507 e. The van der Waals surface area contributed by atoms with Crippen LogP contribution >= 0.6 is 0 Å². The Kier molecular flexibility index (Phi) is 14.5. The molecule has 0 aliphatic heterocycles. The van der Waals surface area contributed by atoms with E-state index in [1.54, 1.807) is 24.4 Å². The number of aldehydes is 1. The number of benzene rings is 2. The Morgan fingerprint density at radius 2 is 1.06 bits per heavy atom. The molecule has 2 N–H and O–H groups in total. The van der Waals surface area contributed by atoms with Gasteiger partial charge in [0.25, 0.3) is 0 Å². The summed E-state index contributed by atoms with van der Waals surface area (Å²) in [5.74, 6) is 0.637. The number of aliphatic imine (C=N–C) groups is 2. The van der Waals surface area contributed by atoms with Gasteiger partial charge in [0.2, 0.25) is 0 Å². The van der Waals surface area contributed by atoms with Crippen molar-refractivity contribution in [2.45, 2.75) is 143 Å². The van der Waals surface area contributed by atoms with Gasteiger partial charge in [0.15, 0.2) is 6.29 Å². The van der Waals surface area contributed by atoms with Crippen molar-refractivity contribution >= 4 is 44.6 Å². The van der Waals surface area contributed by atoms with Crippen LogP contribution in [0.2, 0.25) is 0 Å². The molecule has 1 aromatic heterocycles. The third kappa shape index (κ3) is 11.8. The average Bonchev–Trinajstić information content (AvgIpc) is 2.99. The van der Waals surface area contributed by atoms with Crippen molar-refractivity contribution in [2.75, 3.05) is 0 Å². The average molecular weight is 769 g/mol. The summed E-state index contributed by atoms with van der Waals surface area (Å²) in [6.45, 7) is 26.0. The van der Waals surface area contributed by atoms with Gasteiger partial charge in [0, 0.05) is 66.7 Å². The van der Waals surface area contributed by atoms with E-state index >= 15 is 0 Å². The summed E-state index contributed by atoms with van der Waals surface area (Å²) in [7, 11) is 0. The van der Waals surface area contributed by atoms with E-state index in [1.165, 1.54) is 11.1 Å². The van der Waals surface area contributed by atoms with Gasteiger partial charge in [-0.1, -0.05) is 114 Å². The molecule has 1 fully saturated rings. The predicted octanol–water partition coefficient (Wildman–Crippen LogP) is 9.65. The molecule has 7 heteroatoms. The van der Waals surface area contributed by atoms with Crippen molar-refractivity contribution in [2.24, 2.45) is 9.98 Å². The van der Waals surface area contributed by atoms with E-state index in [0.717, 1.165) is 54.2 Å². The van der Waals surface area contributed by atoms with Gasteiger partial charge in [0.1, 0.15) is 17.2 Å². The number of rotatable bonds is 5. The smallest absolute Gasteiger partial charge is 0.168 e. The molecule has 0 spiro atoms. The summed E-state index contributed by atoms with van der Waals surface area (Å²) >= 11 is 0. The summed E-state index contributed by atoms with van der Waals surface area (Å²) in [5, 5.41) is 22.5. The number of carbonyl (C=O) groups excluding carboxylic acids is 1. The van der Waals surface area contributed by atoms with Crippen molar-refractivity contribution < 1.29 is 15.0 Å². The molecule has 2 atom stereocenters. The van der Waals surface area contributed by atoms with Crippen LogP contribution in [-0.4, -0.2) is 71.8 Å². The number of hydrogen-bond acceptors (Lipinski definition) is 6. The van der Waals surface area contributed by atoms with Gasteiger partial charge in [-0.3, -0.25) is 19.8 Å². The normalized spacial score (nSPS) is 17.4. The Labute approximate surface area is 314 Å². The fourth-order valence-corrected chi connectivity index (χ4v) is 5.76. The van der Waals surface area contributed by atoms with Crippen molar-refractivity contribution in [1.29, 1.82) is 0 Å². The van der Waals surface area contributed by atoms with Crippen LogP contribution in [-0.2, 0) is 21.7 Å². The van der Waals surface area contributed by atoms with E-state index in [1.807, 2.05) is 12.4 Å². The van der Waals surface area contributed by atoms with Crippen LogP contribution in [0.1, 0.15) is 153 Å². The van der Waals surface area contributed by atoms with E-state index in [0.29, 0.717) is 17.2 Å². The van der Waals surface area contributed by atoms with Crippen LogP contribution in [0.4, 0.5) is 0 Å². The summed E-state index contributed by atoms with van der Waals surface area (Å²) in [5.41, 5.74) is 5.87. The maximum absolute atomic E-state index is 11.2. The second-order valence-electron chi connectivity index (χ2n) is 17.3. The first-order chi connectivity index (χ1) is 22.1. The van der Waals surface area contributed by atoms with Gasteiger partial charge in [-0.15, -0.1) is 0 Å². The Morgan fingerprint density at radius 3 is 1.35 bits per heavy atom. The fourth-order valence-electron chi connectivity index (χ4n) is 5.76. The molecule has 2 aromatic carbocycles. The molecule has 49 heavy (non-hydrogen) atoms. The molecular formula is C42H59InN3O3. The van der Waals surface area contributed by atoms with Gasteiger partial charge < -0.3 is 10.2 Å². The van der Waals surface area contributed by atoms with Crippen LogP contribution in [0.25, 0.3) is 0 Å². The maximum Gasteiger partial charge on any atom is 0.168 e. The van der Waals surface area contributed by atoms with E-state index in [-0.39, 0.29) is 59.6 Å². The minimum atomic E-state index is -0.179. The minimum Gasteiger partial charge on any atom is -0.507 e. The molecule has 0 unspecified atom stereocenters.